The largest absolute Gasteiger partial charge is 0.508 e. The molecule has 0 aliphatic heterocycles. The molecule has 5 heteroatoms. The SMILES string of the molecule is CC(C#N)N(C)C(=O)c1ccc(O)cc1F. The Labute approximate surface area is 92.5 Å². The normalized spacial score (nSPS) is 11.6. The average Bonchev–Trinajstić information content (AvgIpc) is 2.26. The van der Waals surface area contributed by atoms with Crippen LogP contribution in [0.15, 0.2) is 18.2 Å². The first-order valence-electron chi connectivity index (χ1n) is 4.62. The van der Waals surface area contributed by atoms with Gasteiger partial charge in [0.2, 0.25) is 0 Å². The summed E-state index contributed by atoms with van der Waals surface area (Å²) >= 11 is 0. The zero-order chi connectivity index (χ0) is 12.3. The van der Waals surface area contributed by atoms with Gasteiger partial charge < -0.3 is 10.0 Å². The number of hydrogen-bond donors (Lipinski definition) is 1. The lowest BCUT2D eigenvalue weighted by atomic mass is 10.1. The second kappa shape index (κ2) is 4.62. The smallest absolute Gasteiger partial charge is 0.257 e. The van der Waals surface area contributed by atoms with Crippen LogP contribution in [0.3, 0.4) is 0 Å². The van der Waals surface area contributed by atoms with Crippen molar-refractivity contribution in [1.29, 1.82) is 5.26 Å². The summed E-state index contributed by atoms with van der Waals surface area (Å²) in [6.07, 6.45) is 0. The number of benzene rings is 1. The van der Waals surface area contributed by atoms with Gasteiger partial charge in [0, 0.05) is 13.1 Å². The molecule has 0 heterocycles. The minimum absolute atomic E-state index is 0.164. The zero-order valence-electron chi connectivity index (χ0n) is 8.94. The Morgan fingerprint density at radius 3 is 2.75 bits per heavy atom. The summed E-state index contributed by atoms with van der Waals surface area (Å²) in [4.78, 5) is 12.9. The number of rotatable bonds is 2. The van der Waals surface area contributed by atoms with Crippen LogP contribution < -0.4 is 0 Å². The molecule has 1 aromatic rings. The fourth-order valence-corrected chi connectivity index (χ4v) is 1.13. The number of carbonyl (C=O) groups is 1. The lowest BCUT2D eigenvalue weighted by Crippen LogP contribution is -2.34. The molecule has 0 aliphatic carbocycles. The van der Waals surface area contributed by atoms with E-state index in [1.807, 2.05) is 6.07 Å². The molecule has 1 atom stereocenters. The lowest BCUT2D eigenvalue weighted by molar-refractivity contribution is 0.0768. The molecule has 0 saturated heterocycles. The van der Waals surface area contributed by atoms with E-state index < -0.39 is 17.8 Å². The number of phenolic OH excluding ortho intramolecular Hbond substituents is 1. The van der Waals surface area contributed by atoms with Gasteiger partial charge in [0.25, 0.3) is 5.91 Å². The Hall–Kier alpha value is -2.09. The maximum atomic E-state index is 13.3. The van der Waals surface area contributed by atoms with Gasteiger partial charge >= 0.3 is 0 Å². The summed E-state index contributed by atoms with van der Waals surface area (Å²) in [6, 6.07) is 4.51. The quantitative estimate of drug-likeness (QED) is 0.825. The van der Waals surface area contributed by atoms with E-state index in [1.165, 1.54) is 26.1 Å². The Bertz CT molecular complexity index is 454. The summed E-state index contributed by atoms with van der Waals surface area (Å²) in [5, 5.41) is 17.6. The second-order valence-electron chi connectivity index (χ2n) is 3.39. The molecule has 0 bridgehead atoms. The Balaban J connectivity index is 3.02. The highest BCUT2D eigenvalue weighted by molar-refractivity contribution is 5.94. The summed E-state index contributed by atoms with van der Waals surface area (Å²) in [5.41, 5.74) is -0.164. The minimum atomic E-state index is -0.804. The molecule has 1 aromatic carbocycles. The summed E-state index contributed by atoms with van der Waals surface area (Å²) in [6.45, 7) is 1.54. The van der Waals surface area contributed by atoms with Gasteiger partial charge in [-0.05, 0) is 19.1 Å². The number of aromatic hydroxyl groups is 1. The van der Waals surface area contributed by atoms with Crippen LogP contribution in [0.25, 0.3) is 0 Å². The van der Waals surface area contributed by atoms with Crippen molar-refractivity contribution in [1.82, 2.24) is 4.90 Å². The highest BCUT2D eigenvalue weighted by Gasteiger charge is 2.20. The molecular weight excluding hydrogens is 211 g/mol. The first kappa shape index (κ1) is 12.0. The highest BCUT2D eigenvalue weighted by Crippen LogP contribution is 2.16. The van der Waals surface area contributed by atoms with Gasteiger partial charge in [0.05, 0.1) is 11.6 Å². The van der Waals surface area contributed by atoms with E-state index in [1.54, 1.807) is 0 Å². The number of nitriles is 1. The zero-order valence-corrected chi connectivity index (χ0v) is 8.94. The van der Waals surface area contributed by atoms with Gasteiger partial charge in [-0.2, -0.15) is 5.26 Å². The van der Waals surface area contributed by atoms with Crippen LogP contribution in [0.1, 0.15) is 17.3 Å². The summed E-state index contributed by atoms with van der Waals surface area (Å²) < 4.78 is 13.3. The van der Waals surface area contributed by atoms with Crippen LogP contribution in [0, 0.1) is 17.1 Å². The van der Waals surface area contributed by atoms with Gasteiger partial charge in [-0.1, -0.05) is 0 Å². The summed E-state index contributed by atoms with van der Waals surface area (Å²) in [5.74, 6) is -1.64. The molecule has 84 valence electrons. The standard InChI is InChI=1S/C11H11FN2O2/c1-7(6-13)14(2)11(16)9-4-3-8(15)5-10(9)12/h3-5,7,15H,1-2H3. The van der Waals surface area contributed by atoms with Crippen LogP contribution in [-0.4, -0.2) is 29.0 Å². The first-order chi connectivity index (χ1) is 7.47. The molecule has 0 fully saturated rings. The molecule has 0 aliphatic rings. The fourth-order valence-electron chi connectivity index (χ4n) is 1.13. The third-order valence-corrected chi connectivity index (χ3v) is 2.27. The molecule has 0 aromatic heterocycles. The predicted octanol–water partition coefficient (Wildman–Crippen LogP) is 1.52. The molecule has 1 unspecified atom stereocenters. The molecule has 16 heavy (non-hydrogen) atoms. The lowest BCUT2D eigenvalue weighted by Gasteiger charge is -2.19. The van der Waals surface area contributed by atoms with E-state index in [-0.39, 0.29) is 11.3 Å². The number of phenols is 1. The minimum Gasteiger partial charge on any atom is -0.508 e. The maximum absolute atomic E-state index is 13.3. The molecule has 0 spiro atoms. The van der Waals surface area contributed by atoms with Gasteiger partial charge in [0.15, 0.2) is 0 Å². The van der Waals surface area contributed by atoms with Crippen LogP contribution in [-0.2, 0) is 0 Å². The maximum Gasteiger partial charge on any atom is 0.257 e. The number of amides is 1. The molecule has 0 saturated carbocycles. The molecule has 1 N–H and O–H groups in total. The number of hydrogen-bond acceptors (Lipinski definition) is 3. The number of carbonyl (C=O) groups excluding carboxylic acids is 1. The van der Waals surface area contributed by atoms with Crippen LogP contribution in [0.4, 0.5) is 4.39 Å². The van der Waals surface area contributed by atoms with E-state index in [2.05, 4.69) is 0 Å². The number of nitrogens with zero attached hydrogens (tertiary/aromatic N) is 2. The predicted molar refractivity (Wildman–Crippen MR) is 55.2 cm³/mol. The highest BCUT2D eigenvalue weighted by atomic mass is 19.1. The van der Waals surface area contributed by atoms with E-state index in [0.29, 0.717) is 0 Å². The van der Waals surface area contributed by atoms with Gasteiger partial charge in [-0.3, -0.25) is 4.79 Å². The van der Waals surface area contributed by atoms with Crippen molar-refractivity contribution in [2.24, 2.45) is 0 Å². The van der Waals surface area contributed by atoms with Crippen LogP contribution in [0.2, 0.25) is 0 Å². The molecule has 4 nitrogen and oxygen atoms in total. The van der Waals surface area contributed by atoms with Crippen molar-refractivity contribution in [3.05, 3.63) is 29.6 Å². The van der Waals surface area contributed by atoms with E-state index >= 15 is 0 Å². The average molecular weight is 222 g/mol. The Morgan fingerprint density at radius 1 is 1.62 bits per heavy atom. The molecule has 0 radical (unpaired) electrons. The van der Waals surface area contributed by atoms with Crippen LogP contribution >= 0.6 is 0 Å². The number of halogens is 1. The molecule has 1 rings (SSSR count). The van der Waals surface area contributed by atoms with Crippen molar-refractivity contribution in [2.75, 3.05) is 7.05 Å². The second-order valence-corrected chi connectivity index (χ2v) is 3.39. The topological polar surface area (TPSA) is 64.3 Å². The van der Waals surface area contributed by atoms with E-state index in [0.717, 1.165) is 11.0 Å². The van der Waals surface area contributed by atoms with Crippen molar-refractivity contribution in [3.8, 4) is 11.8 Å². The Kier molecular flexibility index (Phi) is 3.46. The third kappa shape index (κ3) is 2.28. The third-order valence-electron chi connectivity index (χ3n) is 2.27. The fraction of sp³-hybridized carbons (Fsp3) is 0.273. The monoisotopic (exact) mass is 222 g/mol. The van der Waals surface area contributed by atoms with E-state index in [4.69, 9.17) is 10.4 Å². The van der Waals surface area contributed by atoms with Crippen molar-refractivity contribution in [2.45, 2.75) is 13.0 Å². The summed E-state index contributed by atoms with van der Waals surface area (Å²) in [7, 11) is 1.42. The Morgan fingerprint density at radius 2 is 2.25 bits per heavy atom. The van der Waals surface area contributed by atoms with Crippen molar-refractivity contribution in [3.63, 3.8) is 0 Å². The van der Waals surface area contributed by atoms with Crippen molar-refractivity contribution >= 4 is 5.91 Å². The van der Waals surface area contributed by atoms with Crippen molar-refractivity contribution < 1.29 is 14.3 Å². The van der Waals surface area contributed by atoms with Gasteiger partial charge in [0.1, 0.15) is 17.6 Å². The molecule has 1 amide bonds. The van der Waals surface area contributed by atoms with Gasteiger partial charge in [-0.25, -0.2) is 4.39 Å². The molecular formula is C11H11FN2O2. The van der Waals surface area contributed by atoms with Gasteiger partial charge in [-0.15, -0.1) is 0 Å². The van der Waals surface area contributed by atoms with E-state index in [9.17, 15) is 9.18 Å². The van der Waals surface area contributed by atoms with Crippen LogP contribution in [0.5, 0.6) is 5.75 Å². The first-order valence-corrected chi connectivity index (χ1v) is 4.62.